The number of hydrogen-bond acceptors (Lipinski definition) is 8. The van der Waals surface area contributed by atoms with Crippen molar-refractivity contribution in [3.63, 3.8) is 0 Å². The molecule has 9 nitrogen and oxygen atoms in total. The molecule has 1 aromatic heterocycles. The molecule has 138 valence electrons. The maximum atomic E-state index is 7.67. The molecule has 0 bridgehead atoms. The zero-order valence-electron chi connectivity index (χ0n) is 14.8. The number of nitrogens with zero attached hydrogens (tertiary/aromatic N) is 3. The van der Waals surface area contributed by atoms with Crippen molar-refractivity contribution in [2.75, 3.05) is 43.2 Å². The summed E-state index contributed by atoms with van der Waals surface area (Å²) in [6, 6.07) is 5.49. The van der Waals surface area contributed by atoms with Crippen molar-refractivity contribution in [1.82, 2.24) is 9.97 Å². The normalized spacial score (nSPS) is 17.2. The number of nitrogen functional groups attached to an aromatic ring is 3. The molecule has 7 N–H and O–H groups in total. The molecule has 1 fully saturated rings. The lowest BCUT2D eigenvalue weighted by Crippen LogP contribution is -2.44. The van der Waals surface area contributed by atoms with Crippen molar-refractivity contribution >= 4 is 23.3 Å². The lowest BCUT2D eigenvalue weighted by molar-refractivity contribution is 0.0985. The Balaban J connectivity index is 2.07. The fourth-order valence-electron chi connectivity index (χ4n) is 3.05. The standard InChI is InChI=1S/C17H23N7O2/c1-9-8-26-4-3-24(9)14-7-12(22-17(21)23-14)10-5-11(18)15(16(19)20)13(6-10)25-2/h5-7,9H,3-4,8,18H2,1-2H3,(H3,19,20)(H2,21,22,23). The molecule has 3 rings (SSSR count). The van der Waals surface area contributed by atoms with Gasteiger partial charge in [-0.1, -0.05) is 0 Å². The van der Waals surface area contributed by atoms with E-state index in [1.807, 2.05) is 6.07 Å². The minimum atomic E-state index is -0.157. The van der Waals surface area contributed by atoms with E-state index in [-0.39, 0.29) is 17.8 Å². The van der Waals surface area contributed by atoms with Gasteiger partial charge in [0.2, 0.25) is 5.95 Å². The lowest BCUT2D eigenvalue weighted by Gasteiger charge is -2.34. The monoisotopic (exact) mass is 357 g/mol. The number of nitrogens with one attached hydrogen (secondary N) is 1. The Morgan fingerprint density at radius 1 is 1.31 bits per heavy atom. The molecule has 26 heavy (non-hydrogen) atoms. The second-order valence-electron chi connectivity index (χ2n) is 6.14. The fraction of sp³-hybridized carbons (Fsp3) is 0.353. The maximum Gasteiger partial charge on any atom is 0.222 e. The Hall–Kier alpha value is -3.07. The Bertz CT molecular complexity index is 840. The first-order valence-electron chi connectivity index (χ1n) is 8.22. The van der Waals surface area contributed by atoms with Crippen LogP contribution in [0.3, 0.4) is 0 Å². The highest BCUT2D eigenvalue weighted by atomic mass is 16.5. The van der Waals surface area contributed by atoms with E-state index in [0.29, 0.717) is 41.5 Å². The zero-order chi connectivity index (χ0) is 18.8. The first-order valence-corrected chi connectivity index (χ1v) is 8.22. The molecule has 1 aromatic carbocycles. The molecule has 0 aliphatic carbocycles. The lowest BCUT2D eigenvalue weighted by atomic mass is 10.0. The van der Waals surface area contributed by atoms with Gasteiger partial charge in [0.25, 0.3) is 0 Å². The quantitative estimate of drug-likeness (QED) is 0.357. The van der Waals surface area contributed by atoms with Gasteiger partial charge in [0.1, 0.15) is 17.4 Å². The maximum absolute atomic E-state index is 7.67. The Morgan fingerprint density at radius 3 is 2.73 bits per heavy atom. The largest absolute Gasteiger partial charge is 0.496 e. The molecule has 1 unspecified atom stereocenters. The number of anilines is 3. The van der Waals surface area contributed by atoms with E-state index in [1.54, 1.807) is 12.1 Å². The Morgan fingerprint density at radius 2 is 2.08 bits per heavy atom. The second kappa shape index (κ2) is 7.04. The molecule has 9 heteroatoms. The molecule has 0 radical (unpaired) electrons. The smallest absolute Gasteiger partial charge is 0.222 e. The minimum absolute atomic E-state index is 0.157. The summed E-state index contributed by atoms with van der Waals surface area (Å²) >= 11 is 0. The second-order valence-corrected chi connectivity index (χ2v) is 6.14. The van der Waals surface area contributed by atoms with Crippen LogP contribution in [-0.2, 0) is 4.74 Å². The van der Waals surface area contributed by atoms with E-state index in [4.69, 9.17) is 32.1 Å². The molecule has 1 atom stereocenters. The first kappa shape index (κ1) is 17.7. The third-order valence-electron chi connectivity index (χ3n) is 4.31. The van der Waals surface area contributed by atoms with Crippen LogP contribution in [0.4, 0.5) is 17.5 Å². The highest BCUT2D eigenvalue weighted by molar-refractivity contribution is 6.03. The summed E-state index contributed by atoms with van der Waals surface area (Å²) < 4.78 is 10.8. The van der Waals surface area contributed by atoms with Crippen molar-refractivity contribution in [3.05, 3.63) is 23.8 Å². The van der Waals surface area contributed by atoms with Gasteiger partial charge in [0, 0.05) is 23.9 Å². The van der Waals surface area contributed by atoms with Gasteiger partial charge in [-0.2, -0.15) is 4.98 Å². The number of aromatic nitrogens is 2. The van der Waals surface area contributed by atoms with E-state index in [2.05, 4.69) is 21.8 Å². The SMILES string of the molecule is COc1cc(-c2cc(N3CCOCC3C)nc(N)n2)cc(N)c1C(=N)N. The van der Waals surface area contributed by atoms with Crippen molar-refractivity contribution in [3.8, 4) is 17.0 Å². The molecular formula is C17H23N7O2. The van der Waals surface area contributed by atoms with Crippen molar-refractivity contribution in [2.24, 2.45) is 5.73 Å². The molecule has 1 aliphatic heterocycles. The van der Waals surface area contributed by atoms with Gasteiger partial charge in [0.05, 0.1) is 37.6 Å². The average Bonchev–Trinajstić information content (AvgIpc) is 2.60. The molecule has 0 amide bonds. The number of hydrogen-bond donors (Lipinski definition) is 4. The van der Waals surface area contributed by atoms with Crippen LogP contribution in [-0.4, -0.2) is 48.7 Å². The molecule has 0 spiro atoms. The summed E-state index contributed by atoms with van der Waals surface area (Å²) in [6.07, 6.45) is 0. The number of amidine groups is 1. The van der Waals surface area contributed by atoms with E-state index in [1.165, 1.54) is 7.11 Å². The van der Waals surface area contributed by atoms with Crippen molar-refractivity contribution in [2.45, 2.75) is 13.0 Å². The summed E-state index contributed by atoms with van der Waals surface area (Å²) in [6.45, 7) is 4.07. The number of rotatable bonds is 4. The van der Waals surface area contributed by atoms with Crippen molar-refractivity contribution < 1.29 is 9.47 Å². The van der Waals surface area contributed by atoms with E-state index in [0.717, 1.165) is 12.4 Å². The number of morpholine rings is 1. The third kappa shape index (κ3) is 3.33. The molecule has 1 saturated heterocycles. The molecule has 1 aliphatic rings. The zero-order valence-corrected chi connectivity index (χ0v) is 14.8. The summed E-state index contributed by atoms with van der Waals surface area (Å²) in [4.78, 5) is 10.8. The van der Waals surface area contributed by atoms with Gasteiger partial charge >= 0.3 is 0 Å². The minimum Gasteiger partial charge on any atom is -0.496 e. The highest BCUT2D eigenvalue weighted by Crippen LogP contribution is 2.33. The molecule has 2 heterocycles. The van der Waals surface area contributed by atoms with Gasteiger partial charge in [-0.25, -0.2) is 4.98 Å². The molecular weight excluding hydrogens is 334 g/mol. The summed E-state index contributed by atoms with van der Waals surface area (Å²) in [7, 11) is 1.50. The van der Waals surface area contributed by atoms with Crippen LogP contribution >= 0.6 is 0 Å². The molecule has 0 saturated carbocycles. The van der Waals surface area contributed by atoms with Gasteiger partial charge in [-0.05, 0) is 19.1 Å². The Labute approximate surface area is 151 Å². The van der Waals surface area contributed by atoms with E-state index in [9.17, 15) is 0 Å². The Kier molecular flexibility index (Phi) is 4.81. The van der Waals surface area contributed by atoms with Crippen LogP contribution in [0, 0.1) is 5.41 Å². The van der Waals surface area contributed by atoms with E-state index < -0.39 is 0 Å². The molecule has 2 aromatic rings. The highest BCUT2D eigenvalue weighted by Gasteiger charge is 2.22. The predicted molar refractivity (Wildman–Crippen MR) is 101 cm³/mol. The number of ether oxygens (including phenoxy) is 2. The summed E-state index contributed by atoms with van der Waals surface area (Å²) in [5.74, 6) is 1.16. The number of benzene rings is 1. The topological polar surface area (TPSA) is 149 Å². The summed E-state index contributed by atoms with van der Waals surface area (Å²) in [5.41, 5.74) is 19.6. The number of methoxy groups -OCH3 is 1. The van der Waals surface area contributed by atoms with E-state index >= 15 is 0 Å². The van der Waals surface area contributed by atoms with Gasteiger partial charge in [0.15, 0.2) is 0 Å². The average molecular weight is 357 g/mol. The predicted octanol–water partition coefficient (Wildman–Crippen LogP) is 0.826. The van der Waals surface area contributed by atoms with Crippen LogP contribution in [0.1, 0.15) is 12.5 Å². The van der Waals surface area contributed by atoms with Crippen LogP contribution in [0.5, 0.6) is 5.75 Å². The van der Waals surface area contributed by atoms with Gasteiger partial charge < -0.3 is 31.6 Å². The van der Waals surface area contributed by atoms with Crippen LogP contribution < -0.4 is 26.8 Å². The third-order valence-corrected chi connectivity index (χ3v) is 4.31. The van der Waals surface area contributed by atoms with Crippen LogP contribution in [0.25, 0.3) is 11.3 Å². The van der Waals surface area contributed by atoms with Crippen LogP contribution in [0.15, 0.2) is 18.2 Å². The van der Waals surface area contributed by atoms with Crippen LogP contribution in [0.2, 0.25) is 0 Å². The fourth-order valence-corrected chi connectivity index (χ4v) is 3.05. The van der Waals surface area contributed by atoms with Crippen molar-refractivity contribution in [1.29, 1.82) is 5.41 Å². The number of nitrogens with two attached hydrogens (primary N) is 3. The van der Waals surface area contributed by atoms with Gasteiger partial charge in [-0.15, -0.1) is 0 Å². The van der Waals surface area contributed by atoms with Gasteiger partial charge in [-0.3, -0.25) is 5.41 Å². The summed E-state index contributed by atoms with van der Waals surface area (Å²) in [5, 5.41) is 7.67. The first-order chi connectivity index (χ1) is 12.4.